The molecule has 0 aliphatic rings. The predicted octanol–water partition coefficient (Wildman–Crippen LogP) is 2.59. The summed E-state index contributed by atoms with van der Waals surface area (Å²) in [6, 6.07) is 5.86. The van der Waals surface area contributed by atoms with Crippen LogP contribution in [0.4, 0.5) is 17.6 Å². The lowest BCUT2D eigenvalue weighted by molar-refractivity contribution is -0.141. The van der Waals surface area contributed by atoms with Gasteiger partial charge < -0.3 is 5.73 Å². The molecule has 7 heteroatoms. The largest absolute Gasteiger partial charge is 0.435 e. The van der Waals surface area contributed by atoms with Gasteiger partial charge in [-0.25, -0.2) is 4.39 Å². The topological polar surface area (TPSA) is 43.8 Å². The molecule has 2 N–H and O–H groups in total. The van der Waals surface area contributed by atoms with Crippen molar-refractivity contribution >= 4 is 0 Å². The Hall–Kier alpha value is -1.89. The smallest absolute Gasteiger partial charge is 0.328 e. The summed E-state index contributed by atoms with van der Waals surface area (Å²) >= 11 is 0. The molecule has 2 rings (SSSR count). The maximum absolute atomic E-state index is 13.6. The van der Waals surface area contributed by atoms with Crippen LogP contribution in [0.1, 0.15) is 17.3 Å². The number of hydrogen-bond acceptors (Lipinski definition) is 2. The first-order chi connectivity index (χ1) is 8.93. The molecule has 0 saturated heterocycles. The molecular weight excluding hydrogens is 262 g/mol. The Bertz CT molecular complexity index is 562. The average molecular weight is 273 g/mol. The van der Waals surface area contributed by atoms with E-state index in [9.17, 15) is 17.6 Å². The Morgan fingerprint density at radius 1 is 1.21 bits per heavy atom. The second-order valence-corrected chi connectivity index (χ2v) is 3.95. The zero-order valence-electron chi connectivity index (χ0n) is 9.73. The zero-order valence-corrected chi connectivity index (χ0v) is 9.73. The van der Waals surface area contributed by atoms with Gasteiger partial charge in [0.2, 0.25) is 0 Å². The molecule has 1 unspecified atom stereocenters. The van der Waals surface area contributed by atoms with Gasteiger partial charge in [-0.2, -0.15) is 18.3 Å². The lowest BCUT2D eigenvalue weighted by Crippen LogP contribution is -2.22. The fourth-order valence-corrected chi connectivity index (χ4v) is 1.79. The Labute approximate surface area is 106 Å². The molecule has 0 aliphatic carbocycles. The van der Waals surface area contributed by atoms with E-state index in [0.29, 0.717) is 0 Å². The summed E-state index contributed by atoms with van der Waals surface area (Å²) in [4.78, 5) is 0. The fourth-order valence-electron chi connectivity index (χ4n) is 1.79. The highest BCUT2D eigenvalue weighted by Crippen LogP contribution is 2.29. The minimum atomic E-state index is -4.53. The van der Waals surface area contributed by atoms with Crippen LogP contribution < -0.4 is 5.73 Å². The van der Waals surface area contributed by atoms with Crippen molar-refractivity contribution in [1.29, 1.82) is 0 Å². The average Bonchev–Trinajstić information content (AvgIpc) is 2.82. The first-order valence-electron chi connectivity index (χ1n) is 5.50. The Kier molecular flexibility index (Phi) is 3.57. The quantitative estimate of drug-likeness (QED) is 0.873. The van der Waals surface area contributed by atoms with Crippen LogP contribution in [0.15, 0.2) is 36.5 Å². The van der Waals surface area contributed by atoms with E-state index < -0.39 is 23.7 Å². The van der Waals surface area contributed by atoms with Crippen LogP contribution >= 0.6 is 0 Å². The van der Waals surface area contributed by atoms with Crippen LogP contribution in [0.25, 0.3) is 0 Å². The number of rotatable bonds is 3. The summed E-state index contributed by atoms with van der Waals surface area (Å²) in [5, 5.41) is 3.42. The van der Waals surface area contributed by atoms with E-state index >= 15 is 0 Å². The van der Waals surface area contributed by atoms with Crippen LogP contribution in [0.2, 0.25) is 0 Å². The lowest BCUT2D eigenvalue weighted by atomic mass is 10.1. The summed E-state index contributed by atoms with van der Waals surface area (Å²) < 4.78 is 52.1. The lowest BCUT2D eigenvalue weighted by Gasteiger charge is -2.16. The van der Waals surface area contributed by atoms with Crippen molar-refractivity contribution in [3.8, 4) is 0 Å². The van der Waals surface area contributed by atoms with Gasteiger partial charge in [-0.1, -0.05) is 18.2 Å². The molecule has 102 valence electrons. The molecule has 0 aliphatic heterocycles. The second-order valence-electron chi connectivity index (χ2n) is 3.95. The first kappa shape index (κ1) is 13.5. The highest BCUT2D eigenvalue weighted by molar-refractivity contribution is 5.22. The molecule has 19 heavy (non-hydrogen) atoms. The zero-order chi connectivity index (χ0) is 14.0. The molecule has 1 aromatic carbocycles. The van der Waals surface area contributed by atoms with Gasteiger partial charge in [0.15, 0.2) is 5.69 Å². The first-order valence-corrected chi connectivity index (χ1v) is 5.50. The molecule has 2 aromatic rings. The molecule has 3 nitrogen and oxygen atoms in total. The molecule has 0 saturated carbocycles. The molecular formula is C12H11F4N3. The van der Waals surface area contributed by atoms with Crippen molar-refractivity contribution < 1.29 is 17.6 Å². The number of halogens is 4. The molecule has 1 heterocycles. The van der Waals surface area contributed by atoms with E-state index in [1.807, 2.05) is 0 Å². The van der Waals surface area contributed by atoms with Gasteiger partial charge in [-0.3, -0.25) is 4.68 Å². The Balaban J connectivity index is 2.38. The fraction of sp³-hybridized carbons (Fsp3) is 0.250. The van der Waals surface area contributed by atoms with Crippen molar-refractivity contribution in [2.75, 3.05) is 6.54 Å². The number of hydrogen-bond donors (Lipinski definition) is 1. The minimum absolute atomic E-state index is 0.0556. The van der Waals surface area contributed by atoms with Crippen molar-refractivity contribution in [3.05, 3.63) is 53.6 Å². The van der Waals surface area contributed by atoms with Gasteiger partial charge in [0.05, 0.1) is 6.04 Å². The number of nitrogens with zero attached hydrogens (tertiary/aromatic N) is 2. The van der Waals surface area contributed by atoms with E-state index in [2.05, 4.69) is 5.10 Å². The summed E-state index contributed by atoms with van der Waals surface area (Å²) in [7, 11) is 0. The van der Waals surface area contributed by atoms with E-state index in [0.717, 1.165) is 16.9 Å². The van der Waals surface area contributed by atoms with Crippen LogP contribution in [-0.2, 0) is 6.18 Å². The summed E-state index contributed by atoms with van der Waals surface area (Å²) in [6.07, 6.45) is -3.38. The molecule has 0 radical (unpaired) electrons. The number of alkyl halides is 3. The monoisotopic (exact) mass is 273 g/mol. The van der Waals surface area contributed by atoms with Crippen LogP contribution in [-0.4, -0.2) is 16.3 Å². The SMILES string of the molecule is NCC(c1ccccc1F)n1ccc(C(F)(F)F)n1. The predicted molar refractivity (Wildman–Crippen MR) is 60.8 cm³/mol. The van der Waals surface area contributed by atoms with E-state index in [4.69, 9.17) is 5.73 Å². The second kappa shape index (κ2) is 5.00. The molecule has 1 aromatic heterocycles. The number of nitrogens with two attached hydrogens (primary N) is 1. The van der Waals surface area contributed by atoms with E-state index in [-0.39, 0.29) is 12.1 Å². The number of aromatic nitrogens is 2. The number of benzene rings is 1. The highest BCUT2D eigenvalue weighted by Gasteiger charge is 2.34. The van der Waals surface area contributed by atoms with Gasteiger partial charge in [-0.05, 0) is 12.1 Å². The van der Waals surface area contributed by atoms with Crippen molar-refractivity contribution in [3.63, 3.8) is 0 Å². The summed E-state index contributed by atoms with van der Waals surface area (Å²) in [5.41, 5.74) is 4.70. The maximum atomic E-state index is 13.6. The van der Waals surface area contributed by atoms with Gasteiger partial charge in [-0.15, -0.1) is 0 Å². The Morgan fingerprint density at radius 2 is 1.89 bits per heavy atom. The molecule has 0 fully saturated rings. The standard InChI is InChI=1S/C12H11F4N3/c13-9-4-2-1-3-8(9)10(7-17)19-6-5-11(18-19)12(14,15)16/h1-6,10H,7,17H2. The van der Waals surface area contributed by atoms with E-state index in [1.54, 1.807) is 6.07 Å². The third-order valence-electron chi connectivity index (χ3n) is 2.71. The van der Waals surface area contributed by atoms with Gasteiger partial charge >= 0.3 is 6.18 Å². The summed E-state index contributed by atoms with van der Waals surface area (Å²) in [5.74, 6) is -0.526. The van der Waals surface area contributed by atoms with Gasteiger partial charge in [0.1, 0.15) is 5.82 Å². The van der Waals surface area contributed by atoms with Gasteiger partial charge in [0, 0.05) is 18.3 Å². The normalized spacial score (nSPS) is 13.5. The van der Waals surface area contributed by atoms with E-state index in [1.165, 1.54) is 18.2 Å². The Morgan fingerprint density at radius 3 is 2.42 bits per heavy atom. The van der Waals surface area contributed by atoms with Crippen molar-refractivity contribution in [2.45, 2.75) is 12.2 Å². The van der Waals surface area contributed by atoms with Gasteiger partial charge in [0.25, 0.3) is 0 Å². The minimum Gasteiger partial charge on any atom is -0.328 e. The van der Waals surface area contributed by atoms with Crippen LogP contribution in [0, 0.1) is 5.82 Å². The third kappa shape index (κ3) is 2.76. The van der Waals surface area contributed by atoms with Crippen LogP contribution in [0.5, 0.6) is 0 Å². The summed E-state index contributed by atoms with van der Waals surface area (Å²) in [6.45, 7) is -0.0556. The maximum Gasteiger partial charge on any atom is 0.435 e. The third-order valence-corrected chi connectivity index (χ3v) is 2.71. The molecule has 0 amide bonds. The molecule has 0 bridgehead atoms. The highest BCUT2D eigenvalue weighted by atomic mass is 19.4. The molecule has 0 spiro atoms. The van der Waals surface area contributed by atoms with Crippen molar-refractivity contribution in [1.82, 2.24) is 9.78 Å². The van der Waals surface area contributed by atoms with Crippen molar-refractivity contribution in [2.24, 2.45) is 5.73 Å². The molecule has 1 atom stereocenters. The van der Waals surface area contributed by atoms with Crippen LogP contribution in [0.3, 0.4) is 0 Å².